The van der Waals surface area contributed by atoms with E-state index in [-0.39, 0.29) is 23.5 Å². The molecule has 0 spiro atoms. The van der Waals surface area contributed by atoms with E-state index in [0.717, 1.165) is 36.3 Å². The fourth-order valence-electron chi connectivity index (χ4n) is 9.76. The number of carbonyl (C=O) groups excluding carboxylic acids is 1. The number of nitrogens with one attached hydrogen (secondary N) is 1. The third-order valence-corrected chi connectivity index (χ3v) is 12.6. The molecule has 5 aliphatic carbocycles. The molecule has 0 saturated heterocycles. The summed E-state index contributed by atoms with van der Waals surface area (Å²) >= 11 is 1.73. The molecular formula is C30H45N3O2S. The molecule has 0 aromatic rings. The number of hydrogen-bond donors (Lipinski definition) is 2. The van der Waals surface area contributed by atoms with E-state index in [1.807, 2.05) is 0 Å². The molecule has 6 heteroatoms. The minimum Gasteiger partial charge on any atom is -0.393 e. The van der Waals surface area contributed by atoms with Crippen LogP contribution in [0.5, 0.6) is 0 Å². The summed E-state index contributed by atoms with van der Waals surface area (Å²) in [4.78, 5) is 15.0. The summed E-state index contributed by atoms with van der Waals surface area (Å²) in [5.74, 6) is 3.90. The first-order valence-electron chi connectivity index (χ1n) is 14.5. The van der Waals surface area contributed by atoms with Gasteiger partial charge in [-0.25, -0.2) is 10.5 Å². The lowest BCUT2D eigenvalue weighted by molar-refractivity contribution is -0.135. The molecule has 2 N–H and O–H groups in total. The Morgan fingerprint density at radius 2 is 1.92 bits per heavy atom. The molecule has 4 saturated carbocycles. The fourth-order valence-corrected chi connectivity index (χ4v) is 10.2. The zero-order chi connectivity index (χ0) is 25.2. The standard InChI is InChI=1S/C30H45N3O2S/c1-18-15-19-5-7-21-22-8-9-24(30(22,3)13-11-23(21)29(19,2)14-12-27(18)34)28(35)17-33-31-25-10-6-20(36-4)16-26(25)32-33/h6,10,16,18-19,21-25,27,31,34H,5,7-9,11-15,17H2,1-4H3/t18-,19+,21-,22?,23-,24+,25?,27+,29-,30-/m0/s1. The number of aliphatic hydroxyl groups excluding tert-OH is 1. The predicted octanol–water partition coefficient (Wildman–Crippen LogP) is 5.57. The Morgan fingerprint density at radius 3 is 2.72 bits per heavy atom. The van der Waals surface area contributed by atoms with Crippen molar-refractivity contribution in [3.05, 3.63) is 23.1 Å². The highest BCUT2D eigenvalue weighted by atomic mass is 32.2. The van der Waals surface area contributed by atoms with Crippen molar-refractivity contribution in [3.63, 3.8) is 0 Å². The maximum absolute atomic E-state index is 13.7. The zero-order valence-electron chi connectivity index (χ0n) is 22.6. The molecule has 198 valence electrons. The number of aliphatic hydroxyl groups is 1. The second-order valence-corrected chi connectivity index (χ2v) is 14.3. The molecule has 1 heterocycles. The Morgan fingerprint density at radius 1 is 1.14 bits per heavy atom. The molecule has 1 aliphatic heterocycles. The molecule has 6 aliphatic rings. The van der Waals surface area contributed by atoms with E-state index in [1.54, 1.807) is 16.9 Å². The topological polar surface area (TPSA) is 64.9 Å². The van der Waals surface area contributed by atoms with Gasteiger partial charge in [0.25, 0.3) is 0 Å². The van der Waals surface area contributed by atoms with Gasteiger partial charge in [-0.2, -0.15) is 5.10 Å². The molecule has 0 amide bonds. The SMILES string of the molecule is CSC1=CC2=NN(CC(=O)[C@H]3CCC4[C@@H]5CC[C@@H]6C[C@H](C)[C@H](O)CC[C@]6(C)[C@H]5CC[C@@]43C)NC2C=C1. The highest BCUT2D eigenvalue weighted by molar-refractivity contribution is 8.02. The zero-order valence-corrected chi connectivity index (χ0v) is 23.4. The largest absolute Gasteiger partial charge is 0.393 e. The molecule has 36 heavy (non-hydrogen) atoms. The van der Waals surface area contributed by atoms with Crippen molar-refractivity contribution in [1.82, 2.24) is 10.5 Å². The van der Waals surface area contributed by atoms with Crippen molar-refractivity contribution in [2.24, 2.45) is 51.4 Å². The number of hydrazone groups is 1. The van der Waals surface area contributed by atoms with Crippen molar-refractivity contribution >= 4 is 23.3 Å². The smallest absolute Gasteiger partial charge is 0.159 e. The monoisotopic (exact) mass is 511 g/mol. The minimum absolute atomic E-state index is 0.0905. The van der Waals surface area contributed by atoms with Gasteiger partial charge in [0.1, 0.15) is 6.54 Å². The first kappa shape index (κ1) is 25.2. The van der Waals surface area contributed by atoms with Gasteiger partial charge in [-0.05, 0) is 111 Å². The maximum atomic E-state index is 13.7. The number of carbonyl (C=O) groups is 1. The predicted molar refractivity (Wildman–Crippen MR) is 147 cm³/mol. The van der Waals surface area contributed by atoms with Crippen LogP contribution in [0.15, 0.2) is 28.2 Å². The lowest BCUT2D eigenvalue weighted by atomic mass is 9.46. The normalized spacial score (nSPS) is 47.8. The summed E-state index contributed by atoms with van der Waals surface area (Å²) in [7, 11) is 0. The van der Waals surface area contributed by atoms with Gasteiger partial charge in [0.05, 0.1) is 17.9 Å². The average Bonchev–Trinajstić information content (AvgIpc) is 3.40. The Bertz CT molecular complexity index is 993. The van der Waals surface area contributed by atoms with E-state index in [1.165, 1.54) is 49.9 Å². The number of allylic oxidation sites excluding steroid dienone is 1. The summed E-state index contributed by atoms with van der Waals surface area (Å²) in [5, 5.41) is 17.2. The summed E-state index contributed by atoms with van der Waals surface area (Å²) in [5.41, 5.74) is 4.92. The Balaban J connectivity index is 1.16. The number of Topliss-reactive ketones (excluding diaryl/α,β-unsaturated/α-hetero) is 1. The number of nitrogens with zero attached hydrogens (tertiary/aromatic N) is 2. The summed E-state index contributed by atoms with van der Waals surface area (Å²) < 4.78 is 0. The Hall–Kier alpha value is -1.11. The lowest BCUT2D eigenvalue weighted by Gasteiger charge is -2.59. The average molecular weight is 512 g/mol. The molecule has 5 nitrogen and oxygen atoms in total. The molecule has 0 aromatic carbocycles. The fraction of sp³-hybridized carbons (Fsp3) is 0.800. The van der Waals surface area contributed by atoms with Crippen LogP contribution < -0.4 is 5.43 Å². The number of hydrogen-bond acceptors (Lipinski definition) is 6. The lowest BCUT2D eigenvalue weighted by Crippen LogP contribution is -2.52. The highest BCUT2D eigenvalue weighted by Gasteiger charge is 2.61. The van der Waals surface area contributed by atoms with Crippen LogP contribution in [0.2, 0.25) is 0 Å². The van der Waals surface area contributed by atoms with Crippen molar-refractivity contribution < 1.29 is 9.90 Å². The van der Waals surface area contributed by atoms with Crippen molar-refractivity contribution in [2.75, 3.05) is 12.8 Å². The molecule has 6 rings (SSSR count). The van der Waals surface area contributed by atoms with Crippen LogP contribution in [0.4, 0.5) is 0 Å². The molecule has 0 aromatic heterocycles. The van der Waals surface area contributed by atoms with Crippen LogP contribution >= 0.6 is 11.8 Å². The van der Waals surface area contributed by atoms with Crippen LogP contribution in [-0.4, -0.2) is 46.7 Å². The minimum atomic E-state index is -0.127. The number of thioether (sulfide) groups is 1. The first-order valence-corrected chi connectivity index (χ1v) is 15.7. The number of rotatable bonds is 4. The molecule has 2 unspecified atom stereocenters. The van der Waals surface area contributed by atoms with Crippen molar-refractivity contribution in [1.29, 1.82) is 0 Å². The third-order valence-electron chi connectivity index (χ3n) is 11.9. The second kappa shape index (κ2) is 9.27. The van der Waals surface area contributed by atoms with Crippen molar-refractivity contribution in [3.8, 4) is 0 Å². The third kappa shape index (κ3) is 3.96. The Kier molecular flexibility index (Phi) is 6.48. The van der Waals surface area contributed by atoms with Gasteiger partial charge in [-0.3, -0.25) is 4.79 Å². The van der Waals surface area contributed by atoms with Crippen molar-refractivity contribution in [2.45, 2.75) is 90.7 Å². The molecule has 4 fully saturated rings. The van der Waals surface area contributed by atoms with Gasteiger partial charge in [-0.1, -0.05) is 32.9 Å². The van der Waals surface area contributed by atoms with E-state index < -0.39 is 0 Å². The van der Waals surface area contributed by atoms with E-state index in [9.17, 15) is 9.90 Å². The highest BCUT2D eigenvalue weighted by Crippen LogP contribution is 2.67. The summed E-state index contributed by atoms with van der Waals surface area (Å²) in [6, 6.07) is 0.0905. The quantitative estimate of drug-likeness (QED) is 0.516. The molecular weight excluding hydrogens is 466 g/mol. The number of ketones is 1. The van der Waals surface area contributed by atoms with Gasteiger partial charge >= 0.3 is 0 Å². The van der Waals surface area contributed by atoms with Gasteiger partial charge < -0.3 is 5.11 Å². The van der Waals surface area contributed by atoms with Crippen LogP contribution in [-0.2, 0) is 4.79 Å². The van der Waals surface area contributed by atoms with Crippen LogP contribution in [0.3, 0.4) is 0 Å². The van der Waals surface area contributed by atoms with Crippen LogP contribution in [0.25, 0.3) is 0 Å². The van der Waals surface area contributed by atoms with E-state index in [4.69, 9.17) is 5.10 Å². The second-order valence-electron chi connectivity index (χ2n) is 13.4. The summed E-state index contributed by atoms with van der Waals surface area (Å²) in [6.07, 6.45) is 19.1. The van der Waals surface area contributed by atoms with Gasteiger partial charge in [0.15, 0.2) is 5.78 Å². The first-order chi connectivity index (χ1) is 17.2. The summed E-state index contributed by atoms with van der Waals surface area (Å²) in [6.45, 7) is 7.66. The van der Waals surface area contributed by atoms with Crippen LogP contribution in [0, 0.1) is 46.3 Å². The van der Waals surface area contributed by atoms with Gasteiger partial charge in [-0.15, -0.1) is 11.8 Å². The van der Waals surface area contributed by atoms with E-state index >= 15 is 0 Å². The molecule has 10 atom stereocenters. The van der Waals surface area contributed by atoms with E-state index in [2.05, 4.69) is 50.7 Å². The van der Waals surface area contributed by atoms with Crippen LogP contribution in [0.1, 0.15) is 78.6 Å². The Labute approximate surface area is 221 Å². The number of hydrazine groups is 1. The number of fused-ring (bicyclic) bond motifs is 6. The molecule has 0 radical (unpaired) electrons. The van der Waals surface area contributed by atoms with E-state index in [0.29, 0.717) is 29.6 Å². The van der Waals surface area contributed by atoms with Gasteiger partial charge in [0.2, 0.25) is 0 Å². The molecule has 0 bridgehead atoms. The van der Waals surface area contributed by atoms with Gasteiger partial charge in [0, 0.05) is 10.8 Å². The maximum Gasteiger partial charge on any atom is 0.159 e.